The summed E-state index contributed by atoms with van der Waals surface area (Å²) in [5.74, 6) is 0.841. The van der Waals surface area contributed by atoms with Crippen LogP contribution in [0.15, 0.2) is 66.3 Å². The van der Waals surface area contributed by atoms with Gasteiger partial charge in [-0.15, -0.1) is 16.8 Å². The number of hydrogen-bond donors (Lipinski definition) is 2. The Bertz CT molecular complexity index is 1130. The van der Waals surface area contributed by atoms with Crippen LogP contribution in [0.5, 0.6) is 5.75 Å². The summed E-state index contributed by atoms with van der Waals surface area (Å²) in [6.45, 7) is 6.25. The van der Waals surface area contributed by atoms with Gasteiger partial charge in [-0.05, 0) is 30.2 Å². The molecule has 0 aliphatic heterocycles. The molecule has 0 saturated heterocycles. The standard InChI is InChI=1S/C24H27N5O3S/c1-4-14-29-21(15-22(30)25-18-11-7-6-10-17(18)5-2)27-28-24(29)33-16-23(31)26-19-12-8-9-13-20(19)32-3/h4,6-13H,1,5,14-16H2,2-3H3,(H,25,30)(H,26,31). The van der Waals surface area contributed by atoms with Gasteiger partial charge in [0.2, 0.25) is 11.8 Å². The molecule has 172 valence electrons. The smallest absolute Gasteiger partial charge is 0.234 e. The Morgan fingerprint density at radius 1 is 1.06 bits per heavy atom. The van der Waals surface area contributed by atoms with Crippen molar-refractivity contribution in [1.82, 2.24) is 14.8 Å². The molecule has 2 amide bonds. The minimum atomic E-state index is -0.201. The Morgan fingerprint density at radius 2 is 1.76 bits per heavy atom. The van der Waals surface area contributed by atoms with Crippen LogP contribution >= 0.6 is 11.8 Å². The van der Waals surface area contributed by atoms with E-state index in [1.807, 2.05) is 43.3 Å². The average molecular weight is 466 g/mol. The number of hydrogen-bond acceptors (Lipinski definition) is 6. The lowest BCUT2D eigenvalue weighted by Crippen LogP contribution is -2.19. The number of amides is 2. The van der Waals surface area contributed by atoms with Gasteiger partial charge in [-0.1, -0.05) is 55.1 Å². The number of benzene rings is 2. The third-order valence-corrected chi connectivity index (χ3v) is 5.78. The van der Waals surface area contributed by atoms with E-state index in [0.29, 0.717) is 29.0 Å². The second kappa shape index (κ2) is 11.9. The van der Waals surface area contributed by atoms with Gasteiger partial charge in [0.05, 0.1) is 25.0 Å². The SMILES string of the molecule is C=CCn1c(CC(=O)Nc2ccccc2CC)nnc1SCC(=O)Nc1ccccc1OC. The fraction of sp³-hybridized carbons (Fsp3) is 0.250. The third kappa shape index (κ3) is 6.45. The summed E-state index contributed by atoms with van der Waals surface area (Å²) in [7, 11) is 1.55. The molecule has 0 saturated carbocycles. The van der Waals surface area contributed by atoms with Gasteiger partial charge in [-0.25, -0.2) is 0 Å². The zero-order valence-electron chi connectivity index (χ0n) is 18.7. The number of ether oxygens (including phenoxy) is 1. The van der Waals surface area contributed by atoms with Crippen LogP contribution in [0.1, 0.15) is 18.3 Å². The lowest BCUT2D eigenvalue weighted by molar-refractivity contribution is -0.116. The maximum absolute atomic E-state index is 12.6. The van der Waals surface area contributed by atoms with E-state index in [1.54, 1.807) is 29.9 Å². The predicted octanol–water partition coefficient (Wildman–Crippen LogP) is 3.95. The average Bonchev–Trinajstić information content (AvgIpc) is 3.19. The van der Waals surface area contributed by atoms with Crippen LogP contribution in [-0.4, -0.2) is 39.4 Å². The van der Waals surface area contributed by atoms with E-state index in [9.17, 15) is 9.59 Å². The predicted molar refractivity (Wildman–Crippen MR) is 131 cm³/mol. The molecule has 3 rings (SSSR count). The van der Waals surface area contributed by atoms with Crippen molar-refractivity contribution in [3.63, 3.8) is 0 Å². The highest BCUT2D eigenvalue weighted by molar-refractivity contribution is 7.99. The normalized spacial score (nSPS) is 10.5. The summed E-state index contributed by atoms with van der Waals surface area (Å²) in [5.41, 5.74) is 2.46. The molecule has 2 aromatic carbocycles. The molecule has 1 heterocycles. The monoisotopic (exact) mass is 465 g/mol. The van der Waals surface area contributed by atoms with Crippen molar-refractivity contribution < 1.29 is 14.3 Å². The minimum absolute atomic E-state index is 0.0624. The molecule has 0 unspecified atom stereocenters. The first kappa shape index (κ1) is 24.1. The maximum Gasteiger partial charge on any atom is 0.234 e. The van der Waals surface area contributed by atoms with Crippen LogP contribution in [0, 0.1) is 0 Å². The first-order chi connectivity index (χ1) is 16.0. The Morgan fingerprint density at radius 3 is 2.48 bits per heavy atom. The van der Waals surface area contributed by atoms with E-state index in [2.05, 4.69) is 27.4 Å². The second-order valence-corrected chi connectivity index (χ2v) is 8.01. The topological polar surface area (TPSA) is 98.1 Å². The summed E-state index contributed by atoms with van der Waals surface area (Å²) >= 11 is 1.24. The van der Waals surface area contributed by atoms with Crippen molar-refractivity contribution in [2.45, 2.75) is 31.5 Å². The molecule has 0 atom stereocenters. The molecule has 0 fully saturated rings. The Kier molecular flexibility index (Phi) is 8.65. The van der Waals surface area contributed by atoms with Crippen LogP contribution in [0.3, 0.4) is 0 Å². The molecule has 33 heavy (non-hydrogen) atoms. The van der Waals surface area contributed by atoms with E-state index in [1.165, 1.54) is 11.8 Å². The molecule has 2 N–H and O–H groups in total. The molecule has 0 radical (unpaired) electrons. The Hall–Kier alpha value is -3.59. The third-order valence-electron chi connectivity index (χ3n) is 4.81. The van der Waals surface area contributed by atoms with Crippen molar-refractivity contribution in [1.29, 1.82) is 0 Å². The van der Waals surface area contributed by atoms with Crippen molar-refractivity contribution in [3.05, 3.63) is 72.6 Å². The number of carbonyl (C=O) groups is 2. The van der Waals surface area contributed by atoms with Crippen molar-refractivity contribution in [2.75, 3.05) is 23.5 Å². The summed E-state index contributed by atoms with van der Waals surface area (Å²) in [5, 5.41) is 14.7. The van der Waals surface area contributed by atoms with Crippen molar-refractivity contribution in [3.8, 4) is 5.75 Å². The molecule has 8 nitrogen and oxygen atoms in total. The number of nitrogens with zero attached hydrogens (tertiary/aromatic N) is 3. The fourth-order valence-corrected chi connectivity index (χ4v) is 3.99. The quantitative estimate of drug-likeness (QED) is 0.329. The lowest BCUT2D eigenvalue weighted by Gasteiger charge is -2.11. The van der Waals surface area contributed by atoms with Gasteiger partial charge in [-0.3, -0.25) is 9.59 Å². The van der Waals surface area contributed by atoms with Gasteiger partial charge >= 0.3 is 0 Å². The summed E-state index contributed by atoms with van der Waals surface area (Å²) in [4.78, 5) is 25.1. The number of rotatable bonds is 11. The van der Waals surface area contributed by atoms with Gasteiger partial charge in [0, 0.05) is 12.2 Å². The van der Waals surface area contributed by atoms with E-state index >= 15 is 0 Å². The number of allylic oxidation sites excluding steroid dienone is 1. The van der Waals surface area contributed by atoms with Crippen LogP contribution in [0.2, 0.25) is 0 Å². The number of carbonyl (C=O) groups excluding carboxylic acids is 2. The Labute approximate surface area is 197 Å². The number of thioether (sulfide) groups is 1. The maximum atomic E-state index is 12.6. The van der Waals surface area contributed by atoms with Crippen molar-refractivity contribution in [2.24, 2.45) is 0 Å². The van der Waals surface area contributed by atoms with E-state index in [-0.39, 0.29) is 24.0 Å². The van der Waals surface area contributed by atoms with Gasteiger partial charge in [0.15, 0.2) is 5.16 Å². The number of nitrogens with one attached hydrogen (secondary N) is 2. The van der Waals surface area contributed by atoms with Crippen LogP contribution < -0.4 is 15.4 Å². The van der Waals surface area contributed by atoms with Gasteiger partial charge < -0.3 is 19.9 Å². The highest BCUT2D eigenvalue weighted by Crippen LogP contribution is 2.24. The zero-order valence-corrected chi connectivity index (χ0v) is 19.5. The van der Waals surface area contributed by atoms with E-state index in [4.69, 9.17) is 4.74 Å². The fourth-order valence-electron chi connectivity index (χ4n) is 3.22. The molecular formula is C24H27N5O3S. The summed E-state index contributed by atoms with van der Waals surface area (Å²) in [6.07, 6.45) is 2.59. The highest BCUT2D eigenvalue weighted by atomic mass is 32.2. The molecular weight excluding hydrogens is 438 g/mol. The highest BCUT2D eigenvalue weighted by Gasteiger charge is 2.17. The van der Waals surface area contributed by atoms with Crippen LogP contribution in [-0.2, 0) is 29.0 Å². The van der Waals surface area contributed by atoms with Gasteiger partial charge in [-0.2, -0.15) is 0 Å². The van der Waals surface area contributed by atoms with E-state index < -0.39 is 0 Å². The largest absolute Gasteiger partial charge is 0.495 e. The number of aryl methyl sites for hydroxylation is 1. The number of aromatic nitrogens is 3. The minimum Gasteiger partial charge on any atom is -0.495 e. The number of methoxy groups -OCH3 is 1. The molecule has 9 heteroatoms. The van der Waals surface area contributed by atoms with Crippen LogP contribution in [0.4, 0.5) is 11.4 Å². The molecule has 0 aliphatic rings. The lowest BCUT2D eigenvalue weighted by atomic mass is 10.1. The first-order valence-electron chi connectivity index (χ1n) is 10.5. The van der Waals surface area contributed by atoms with E-state index in [0.717, 1.165) is 17.7 Å². The molecule has 0 spiro atoms. The number of anilines is 2. The summed E-state index contributed by atoms with van der Waals surface area (Å²) in [6, 6.07) is 14.9. The summed E-state index contributed by atoms with van der Waals surface area (Å²) < 4.78 is 7.05. The Balaban J connectivity index is 1.64. The number of para-hydroxylation sites is 3. The van der Waals surface area contributed by atoms with Crippen LogP contribution in [0.25, 0.3) is 0 Å². The molecule has 1 aromatic heterocycles. The molecule has 0 aliphatic carbocycles. The van der Waals surface area contributed by atoms with Crippen molar-refractivity contribution >= 4 is 35.0 Å². The van der Waals surface area contributed by atoms with Gasteiger partial charge in [0.1, 0.15) is 11.6 Å². The second-order valence-electron chi connectivity index (χ2n) is 7.07. The molecule has 0 bridgehead atoms. The molecule has 3 aromatic rings. The first-order valence-corrected chi connectivity index (χ1v) is 11.5. The zero-order chi connectivity index (χ0) is 23.6. The van der Waals surface area contributed by atoms with Gasteiger partial charge in [0.25, 0.3) is 0 Å².